The second-order valence-corrected chi connectivity index (χ2v) is 6.25. The fourth-order valence-corrected chi connectivity index (χ4v) is 2.58. The van der Waals surface area contributed by atoms with Crippen molar-refractivity contribution in [1.29, 1.82) is 0 Å². The van der Waals surface area contributed by atoms with Gasteiger partial charge in [0.15, 0.2) is 6.10 Å². The number of rotatable bonds is 5. The lowest BCUT2D eigenvalue weighted by Gasteiger charge is -2.18. The molecule has 0 aliphatic rings. The Labute approximate surface area is 145 Å². The van der Waals surface area contributed by atoms with Crippen LogP contribution in [0.25, 0.3) is 0 Å². The Morgan fingerprint density at radius 3 is 2.43 bits per heavy atom. The molecule has 0 aliphatic heterocycles. The van der Waals surface area contributed by atoms with E-state index in [4.69, 9.17) is 32.4 Å². The highest BCUT2D eigenvalue weighted by Crippen LogP contribution is 2.27. The highest BCUT2D eigenvalue weighted by Gasteiger charge is 2.20. The maximum atomic E-state index is 12.3. The molecular formula is C17H19Cl2NO3. The molecule has 2 unspecified atom stereocenters. The summed E-state index contributed by atoms with van der Waals surface area (Å²) in [6.45, 7) is 7.33. The van der Waals surface area contributed by atoms with Crippen LogP contribution in [0.2, 0.25) is 10.0 Å². The third kappa shape index (κ3) is 4.43. The van der Waals surface area contributed by atoms with Crippen molar-refractivity contribution in [3.05, 3.63) is 51.4 Å². The van der Waals surface area contributed by atoms with E-state index in [0.29, 0.717) is 15.8 Å². The van der Waals surface area contributed by atoms with E-state index >= 15 is 0 Å². The maximum absolute atomic E-state index is 12.3. The van der Waals surface area contributed by atoms with Gasteiger partial charge in [0.2, 0.25) is 0 Å². The van der Waals surface area contributed by atoms with Crippen LogP contribution in [0.3, 0.4) is 0 Å². The average molecular weight is 356 g/mol. The molecule has 1 aromatic heterocycles. The molecule has 0 aliphatic carbocycles. The van der Waals surface area contributed by atoms with E-state index in [2.05, 4.69) is 5.32 Å². The summed E-state index contributed by atoms with van der Waals surface area (Å²) in [6.07, 6.45) is -0.664. The number of halogens is 2. The van der Waals surface area contributed by atoms with E-state index in [1.165, 1.54) is 0 Å². The first-order valence-corrected chi connectivity index (χ1v) is 8.02. The number of furan rings is 1. The van der Waals surface area contributed by atoms with Gasteiger partial charge in [0, 0.05) is 11.6 Å². The molecule has 0 fully saturated rings. The predicted molar refractivity (Wildman–Crippen MR) is 91.3 cm³/mol. The van der Waals surface area contributed by atoms with Crippen LogP contribution in [0, 0.1) is 13.8 Å². The van der Waals surface area contributed by atoms with Crippen LogP contribution in [0.5, 0.6) is 5.75 Å². The molecule has 2 rings (SSSR count). The monoisotopic (exact) mass is 355 g/mol. The van der Waals surface area contributed by atoms with Crippen LogP contribution in [0.15, 0.2) is 28.7 Å². The van der Waals surface area contributed by atoms with E-state index in [9.17, 15) is 4.79 Å². The molecule has 4 nitrogen and oxygen atoms in total. The molecule has 1 N–H and O–H groups in total. The Bertz CT molecular complexity index is 712. The second-order valence-electron chi connectivity index (χ2n) is 5.43. The molecule has 0 bridgehead atoms. The van der Waals surface area contributed by atoms with Crippen LogP contribution >= 0.6 is 23.2 Å². The van der Waals surface area contributed by atoms with Gasteiger partial charge in [-0.3, -0.25) is 4.79 Å². The van der Waals surface area contributed by atoms with E-state index in [1.807, 2.05) is 26.8 Å². The molecule has 2 atom stereocenters. The molecule has 0 saturated carbocycles. The molecular weight excluding hydrogens is 337 g/mol. The number of carbonyl (C=O) groups is 1. The zero-order valence-electron chi connectivity index (χ0n) is 13.4. The average Bonchev–Trinajstić information content (AvgIpc) is 2.81. The minimum atomic E-state index is -0.664. The van der Waals surface area contributed by atoms with Crippen LogP contribution in [0.4, 0.5) is 0 Å². The van der Waals surface area contributed by atoms with E-state index in [-0.39, 0.29) is 11.9 Å². The molecule has 23 heavy (non-hydrogen) atoms. The van der Waals surface area contributed by atoms with Crippen LogP contribution in [-0.2, 0) is 4.79 Å². The molecule has 1 heterocycles. The van der Waals surface area contributed by atoms with Gasteiger partial charge in [-0.25, -0.2) is 0 Å². The summed E-state index contributed by atoms with van der Waals surface area (Å²) in [7, 11) is 0. The number of carbonyl (C=O) groups excluding carboxylic acids is 1. The van der Waals surface area contributed by atoms with Crippen molar-refractivity contribution in [1.82, 2.24) is 5.32 Å². The number of aryl methyl sites for hydroxylation is 2. The van der Waals surface area contributed by atoms with Crippen LogP contribution < -0.4 is 10.1 Å². The van der Waals surface area contributed by atoms with Gasteiger partial charge in [0.05, 0.1) is 16.1 Å². The van der Waals surface area contributed by atoms with Gasteiger partial charge in [0.1, 0.15) is 17.3 Å². The van der Waals surface area contributed by atoms with Gasteiger partial charge in [-0.2, -0.15) is 0 Å². The first-order chi connectivity index (χ1) is 10.8. The largest absolute Gasteiger partial charge is 0.481 e. The van der Waals surface area contributed by atoms with Gasteiger partial charge >= 0.3 is 0 Å². The molecule has 0 spiro atoms. The SMILES string of the molecule is Cc1cc(C(C)NC(=O)C(C)Oc2ccc(Cl)c(Cl)c2)c(C)o1. The van der Waals surface area contributed by atoms with Crippen molar-refractivity contribution in [3.63, 3.8) is 0 Å². The zero-order chi connectivity index (χ0) is 17.1. The maximum Gasteiger partial charge on any atom is 0.261 e. The van der Waals surface area contributed by atoms with Crippen molar-refractivity contribution in [2.45, 2.75) is 39.8 Å². The summed E-state index contributed by atoms with van der Waals surface area (Å²) in [5.74, 6) is 1.89. The van der Waals surface area contributed by atoms with E-state index < -0.39 is 6.10 Å². The van der Waals surface area contributed by atoms with Gasteiger partial charge in [-0.15, -0.1) is 0 Å². The standard InChI is InChI=1S/C17H19Cl2NO3/c1-9-7-14(11(3)22-9)10(2)20-17(21)12(4)23-13-5-6-15(18)16(19)8-13/h5-8,10,12H,1-4H3,(H,20,21). The summed E-state index contributed by atoms with van der Waals surface area (Å²) >= 11 is 11.8. The zero-order valence-corrected chi connectivity index (χ0v) is 15.0. The van der Waals surface area contributed by atoms with E-state index in [1.54, 1.807) is 25.1 Å². The van der Waals surface area contributed by atoms with E-state index in [0.717, 1.165) is 17.1 Å². The Morgan fingerprint density at radius 2 is 1.87 bits per heavy atom. The highest BCUT2D eigenvalue weighted by molar-refractivity contribution is 6.42. The number of nitrogens with one attached hydrogen (secondary N) is 1. The Balaban J connectivity index is 1.99. The molecule has 1 amide bonds. The lowest BCUT2D eigenvalue weighted by atomic mass is 10.1. The summed E-state index contributed by atoms with van der Waals surface area (Å²) in [6, 6.07) is 6.64. The smallest absolute Gasteiger partial charge is 0.261 e. The second kappa shape index (κ2) is 7.28. The molecule has 1 aromatic carbocycles. The quantitative estimate of drug-likeness (QED) is 0.833. The summed E-state index contributed by atoms with van der Waals surface area (Å²) in [5.41, 5.74) is 0.956. The normalized spacial score (nSPS) is 13.5. The van der Waals surface area contributed by atoms with Crippen molar-refractivity contribution in [3.8, 4) is 5.75 Å². The van der Waals surface area contributed by atoms with Crippen LogP contribution in [-0.4, -0.2) is 12.0 Å². The summed E-state index contributed by atoms with van der Waals surface area (Å²) in [5, 5.41) is 3.74. The lowest BCUT2D eigenvalue weighted by Crippen LogP contribution is -2.37. The Kier molecular flexibility index (Phi) is 5.60. The molecule has 0 saturated heterocycles. The van der Waals surface area contributed by atoms with Crippen molar-refractivity contribution in [2.75, 3.05) is 0 Å². The number of hydrogen-bond donors (Lipinski definition) is 1. The number of ether oxygens (including phenoxy) is 1. The lowest BCUT2D eigenvalue weighted by molar-refractivity contribution is -0.127. The fourth-order valence-electron chi connectivity index (χ4n) is 2.30. The highest BCUT2D eigenvalue weighted by atomic mass is 35.5. The fraction of sp³-hybridized carbons (Fsp3) is 0.353. The first kappa shape index (κ1) is 17.7. The minimum Gasteiger partial charge on any atom is -0.481 e. The first-order valence-electron chi connectivity index (χ1n) is 7.27. The Morgan fingerprint density at radius 1 is 1.17 bits per heavy atom. The number of benzene rings is 1. The third-order valence-corrected chi connectivity index (χ3v) is 4.22. The van der Waals surface area contributed by atoms with Gasteiger partial charge in [0.25, 0.3) is 5.91 Å². The molecule has 0 radical (unpaired) electrons. The molecule has 6 heteroatoms. The summed E-state index contributed by atoms with van der Waals surface area (Å²) in [4.78, 5) is 12.3. The van der Waals surface area contributed by atoms with Gasteiger partial charge in [-0.05, 0) is 45.9 Å². The molecule has 2 aromatic rings. The summed E-state index contributed by atoms with van der Waals surface area (Å²) < 4.78 is 11.1. The molecule has 124 valence electrons. The third-order valence-electron chi connectivity index (χ3n) is 3.48. The predicted octanol–water partition coefficient (Wildman–Crippen LogP) is 4.85. The van der Waals surface area contributed by atoms with Gasteiger partial charge < -0.3 is 14.5 Å². The number of amides is 1. The van der Waals surface area contributed by atoms with Gasteiger partial charge in [-0.1, -0.05) is 23.2 Å². The van der Waals surface area contributed by atoms with Crippen molar-refractivity contribution >= 4 is 29.1 Å². The number of hydrogen-bond acceptors (Lipinski definition) is 3. The Hall–Kier alpha value is -1.65. The topological polar surface area (TPSA) is 51.5 Å². The van der Waals surface area contributed by atoms with Crippen LogP contribution in [0.1, 0.15) is 37.0 Å². The van der Waals surface area contributed by atoms with Crippen molar-refractivity contribution < 1.29 is 13.9 Å². The van der Waals surface area contributed by atoms with Crippen molar-refractivity contribution in [2.24, 2.45) is 0 Å². The minimum absolute atomic E-state index is 0.167.